The van der Waals surface area contributed by atoms with Crippen molar-refractivity contribution >= 4 is 21.6 Å². The molecule has 0 heterocycles. The summed E-state index contributed by atoms with van der Waals surface area (Å²) in [7, 11) is -3.97. The predicted molar refractivity (Wildman–Crippen MR) is 108 cm³/mol. The molecule has 1 N–H and O–H groups in total. The van der Waals surface area contributed by atoms with Gasteiger partial charge in [-0.15, -0.1) is 0 Å². The number of sulfonamides is 1. The van der Waals surface area contributed by atoms with E-state index in [1.807, 2.05) is 18.2 Å². The van der Waals surface area contributed by atoms with E-state index in [1.54, 1.807) is 12.1 Å². The third-order valence-electron chi connectivity index (χ3n) is 4.08. The zero-order valence-electron chi connectivity index (χ0n) is 16.4. The maximum atomic E-state index is 13.2. The van der Waals surface area contributed by atoms with Gasteiger partial charge in [-0.05, 0) is 30.7 Å². The highest BCUT2D eigenvalue weighted by Gasteiger charge is 2.36. The molecular weight excluding hydrogens is 421 g/mol. The van der Waals surface area contributed by atoms with Crippen LogP contribution in [0.5, 0.6) is 5.75 Å². The number of carbonyl (C=O) groups is 1. The van der Waals surface area contributed by atoms with Gasteiger partial charge < -0.3 is 10.1 Å². The zero-order valence-corrected chi connectivity index (χ0v) is 17.2. The van der Waals surface area contributed by atoms with Crippen LogP contribution in [0.15, 0.2) is 54.6 Å². The number of para-hydroxylation sites is 2. The van der Waals surface area contributed by atoms with Gasteiger partial charge in [0.15, 0.2) is 0 Å². The van der Waals surface area contributed by atoms with Gasteiger partial charge >= 0.3 is 6.18 Å². The van der Waals surface area contributed by atoms with Gasteiger partial charge in [-0.25, -0.2) is 8.42 Å². The van der Waals surface area contributed by atoms with Crippen molar-refractivity contribution < 1.29 is 31.1 Å². The Bertz CT molecular complexity index is 935. The molecular formula is C20H23F3N2O4S. The Morgan fingerprint density at radius 1 is 1.07 bits per heavy atom. The van der Waals surface area contributed by atoms with E-state index in [1.165, 1.54) is 12.1 Å². The van der Waals surface area contributed by atoms with E-state index in [2.05, 4.69) is 5.32 Å². The van der Waals surface area contributed by atoms with Crippen molar-refractivity contribution in [2.75, 3.05) is 30.3 Å². The first kappa shape index (κ1) is 23.5. The maximum absolute atomic E-state index is 13.2. The Morgan fingerprint density at radius 3 is 2.33 bits per heavy atom. The SMILES string of the molecule is CS(=O)(=O)N(CCCC(=O)NCCOc1ccccc1)c1ccccc1C(F)(F)F. The quantitative estimate of drug-likeness (QED) is 0.570. The second kappa shape index (κ2) is 10.3. The van der Waals surface area contributed by atoms with E-state index in [0.29, 0.717) is 10.1 Å². The Labute approximate surface area is 173 Å². The van der Waals surface area contributed by atoms with Crippen molar-refractivity contribution in [2.45, 2.75) is 19.0 Å². The number of anilines is 1. The molecule has 0 aliphatic carbocycles. The second-order valence-electron chi connectivity index (χ2n) is 6.47. The first-order chi connectivity index (χ1) is 14.1. The van der Waals surface area contributed by atoms with Crippen LogP contribution in [0.3, 0.4) is 0 Å². The van der Waals surface area contributed by atoms with Crippen molar-refractivity contribution in [2.24, 2.45) is 0 Å². The molecule has 2 aromatic carbocycles. The van der Waals surface area contributed by atoms with E-state index in [0.717, 1.165) is 18.4 Å². The summed E-state index contributed by atoms with van der Waals surface area (Å²) in [4.78, 5) is 11.9. The van der Waals surface area contributed by atoms with Crippen LogP contribution in [0.2, 0.25) is 0 Å². The van der Waals surface area contributed by atoms with Crippen LogP contribution in [0.25, 0.3) is 0 Å². The Balaban J connectivity index is 1.88. The van der Waals surface area contributed by atoms with Gasteiger partial charge in [-0.1, -0.05) is 30.3 Å². The molecule has 0 aliphatic heterocycles. The number of carbonyl (C=O) groups excluding carboxylic acids is 1. The molecule has 2 aromatic rings. The van der Waals surface area contributed by atoms with Crippen molar-refractivity contribution in [3.8, 4) is 5.75 Å². The summed E-state index contributed by atoms with van der Waals surface area (Å²) >= 11 is 0. The molecule has 6 nitrogen and oxygen atoms in total. The highest BCUT2D eigenvalue weighted by atomic mass is 32.2. The van der Waals surface area contributed by atoms with Crippen molar-refractivity contribution in [3.63, 3.8) is 0 Å². The van der Waals surface area contributed by atoms with Crippen molar-refractivity contribution in [1.29, 1.82) is 0 Å². The molecule has 0 saturated carbocycles. The van der Waals surface area contributed by atoms with Crippen LogP contribution >= 0.6 is 0 Å². The number of benzene rings is 2. The Morgan fingerprint density at radius 2 is 1.70 bits per heavy atom. The molecule has 164 valence electrons. The number of halogens is 3. The number of alkyl halides is 3. The molecule has 10 heteroatoms. The minimum absolute atomic E-state index is 0.0362. The number of hydrogen-bond acceptors (Lipinski definition) is 4. The number of hydrogen-bond donors (Lipinski definition) is 1. The summed E-state index contributed by atoms with van der Waals surface area (Å²) in [5.41, 5.74) is -1.50. The van der Waals surface area contributed by atoms with E-state index >= 15 is 0 Å². The number of amides is 1. The fourth-order valence-electron chi connectivity index (χ4n) is 2.74. The monoisotopic (exact) mass is 444 g/mol. The number of nitrogens with zero attached hydrogens (tertiary/aromatic N) is 1. The minimum atomic E-state index is -4.70. The van der Waals surface area contributed by atoms with Crippen LogP contribution in [0, 0.1) is 0 Å². The number of rotatable bonds is 10. The van der Waals surface area contributed by atoms with Gasteiger partial charge in [0.1, 0.15) is 12.4 Å². The Hall–Kier alpha value is -2.75. The Kier molecular flexibility index (Phi) is 8.10. The summed E-state index contributed by atoms with van der Waals surface area (Å²) in [6, 6.07) is 13.5. The smallest absolute Gasteiger partial charge is 0.418 e. The van der Waals surface area contributed by atoms with Gasteiger partial charge in [0.25, 0.3) is 0 Å². The summed E-state index contributed by atoms with van der Waals surface area (Å²) in [5, 5.41) is 2.63. The van der Waals surface area contributed by atoms with Gasteiger partial charge in [0.05, 0.1) is 24.1 Å². The molecule has 30 heavy (non-hydrogen) atoms. The topological polar surface area (TPSA) is 75.7 Å². The molecule has 0 saturated heterocycles. The highest BCUT2D eigenvalue weighted by Crippen LogP contribution is 2.37. The summed E-state index contributed by atoms with van der Waals surface area (Å²) in [6.45, 7) is 0.254. The largest absolute Gasteiger partial charge is 0.492 e. The molecule has 1 amide bonds. The molecule has 0 fully saturated rings. The number of nitrogens with one attached hydrogen (secondary N) is 1. The third-order valence-corrected chi connectivity index (χ3v) is 5.26. The lowest BCUT2D eigenvalue weighted by Crippen LogP contribution is -2.34. The average molecular weight is 444 g/mol. The molecule has 0 spiro atoms. The fourth-order valence-corrected chi connectivity index (χ4v) is 3.72. The van der Waals surface area contributed by atoms with Gasteiger partial charge in [-0.3, -0.25) is 9.10 Å². The first-order valence-electron chi connectivity index (χ1n) is 9.17. The van der Waals surface area contributed by atoms with Crippen LogP contribution in [-0.2, 0) is 21.0 Å². The van der Waals surface area contributed by atoms with E-state index in [-0.39, 0.29) is 38.4 Å². The van der Waals surface area contributed by atoms with Gasteiger partial charge in [0, 0.05) is 13.0 Å². The third kappa shape index (κ3) is 7.25. The summed E-state index contributed by atoms with van der Waals surface area (Å²) in [5.74, 6) is 0.322. The normalized spacial score (nSPS) is 11.7. The first-order valence-corrected chi connectivity index (χ1v) is 11.0. The van der Waals surface area contributed by atoms with Crippen molar-refractivity contribution in [3.05, 3.63) is 60.2 Å². The molecule has 0 unspecified atom stereocenters. The second-order valence-corrected chi connectivity index (χ2v) is 8.37. The lowest BCUT2D eigenvalue weighted by molar-refractivity contribution is -0.137. The molecule has 0 radical (unpaired) electrons. The predicted octanol–water partition coefficient (Wildman–Crippen LogP) is 3.45. The summed E-state index contributed by atoms with van der Waals surface area (Å²) in [6.07, 6.45) is -3.84. The molecule has 0 atom stereocenters. The zero-order chi connectivity index (χ0) is 22.2. The van der Waals surface area contributed by atoms with Crippen molar-refractivity contribution in [1.82, 2.24) is 5.32 Å². The molecule has 2 rings (SSSR count). The standard InChI is InChI=1S/C20H23F3N2O4S/c1-30(27,28)25(18-11-6-5-10-17(18)20(21,22)23)14-7-12-19(26)24-13-15-29-16-8-3-2-4-9-16/h2-6,8-11H,7,12-15H2,1H3,(H,24,26). The number of ether oxygens (including phenoxy) is 1. The van der Waals surface area contributed by atoms with Crippen LogP contribution in [0.4, 0.5) is 18.9 Å². The lowest BCUT2D eigenvalue weighted by Gasteiger charge is -2.25. The molecule has 0 aliphatic rings. The summed E-state index contributed by atoms with van der Waals surface area (Å²) < 4.78 is 70.0. The highest BCUT2D eigenvalue weighted by molar-refractivity contribution is 7.92. The van der Waals surface area contributed by atoms with Crippen LogP contribution < -0.4 is 14.4 Å². The molecule has 0 bridgehead atoms. The van der Waals surface area contributed by atoms with E-state index < -0.39 is 27.5 Å². The maximum Gasteiger partial charge on any atom is 0.418 e. The average Bonchev–Trinajstić information content (AvgIpc) is 2.68. The van der Waals surface area contributed by atoms with E-state index in [9.17, 15) is 26.4 Å². The van der Waals surface area contributed by atoms with Crippen LogP contribution in [0.1, 0.15) is 18.4 Å². The van der Waals surface area contributed by atoms with Gasteiger partial charge in [-0.2, -0.15) is 13.2 Å². The van der Waals surface area contributed by atoms with Gasteiger partial charge in [0.2, 0.25) is 15.9 Å². The lowest BCUT2D eigenvalue weighted by atomic mass is 10.1. The fraction of sp³-hybridized carbons (Fsp3) is 0.350. The van der Waals surface area contributed by atoms with E-state index in [4.69, 9.17) is 4.74 Å². The van der Waals surface area contributed by atoms with Crippen LogP contribution in [-0.4, -0.2) is 40.3 Å². The molecule has 0 aromatic heterocycles. The minimum Gasteiger partial charge on any atom is -0.492 e.